The largest absolute Gasteiger partial charge is 0.486 e. The molecule has 4 rings (SSSR count). The molecule has 1 N–H and O–H groups in total. The van der Waals surface area contributed by atoms with E-state index in [2.05, 4.69) is 10.4 Å². The standard InChI is InChI=1S/C24H19ClFN3O4/c1-15(30)16-5-7-17(8-6-16)32-14-18-9-10-22(33-18)24(31)27-23-11-12-29(28-23)13-19-20(25)3-2-4-21(19)26/h2-12H,13-14H2,1H3,(H,27,28,31). The van der Waals surface area contributed by atoms with Gasteiger partial charge in [-0.25, -0.2) is 4.39 Å². The molecular formula is C24H19ClFN3O4. The molecule has 0 radical (unpaired) electrons. The Hall–Kier alpha value is -3.91. The van der Waals surface area contributed by atoms with Crippen molar-refractivity contribution in [1.82, 2.24) is 9.78 Å². The summed E-state index contributed by atoms with van der Waals surface area (Å²) in [4.78, 5) is 23.8. The van der Waals surface area contributed by atoms with Crippen molar-refractivity contribution in [3.63, 3.8) is 0 Å². The van der Waals surface area contributed by atoms with E-state index in [1.54, 1.807) is 48.7 Å². The quantitative estimate of drug-likeness (QED) is 0.353. The molecule has 0 aliphatic carbocycles. The first-order chi connectivity index (χ1) is 15.9. The van der Waals surface area contributed by atoms with E-state index in [4.69, 9.17) is 20.8 Å². The Morgan fingerprint density at radius 2 is 1.91 bits per heavy atom. The lowest BCUT2D eigenvalue weighted by atomic mass is 10.1. The molecule has 4 aromatic rings. The van der Waals surface area contributed by atoms with E-state index in [1.807, 2.05) is 0 Å². The van der Waals surface area contributed by atoms with Gasteiger partial charge in [0.25, 0.3) is 5.91 Å². The third-order valence-electron chi connectivity index (χ3n) is 4.79. The molecule has 1 amide bonds. The van der Waals surface area contributed by atoms with Gasteiger partial charge in [-0.2, -0.15) is 5.10 Å². The number of hydrogen-bond donors (Lipinski definition) is 1. The maximum absolute atomic E-state index is 14.0. The Kier molecular flexibility index (Phi) is 6.55. The maximum Gasteiger partial charge on any atom is 0.292 e. The number of nitrogens with one attached hydrogen (secondary N) is 1. The van der Waals surface area contributed by atoms with Gasteiger partial charge in [-0.15, -0.1) is 0 Å². The number of Topliss-reactive ketones (excluding diaryl/α,β-unsaturated/α-hetero) is 1. The van der Waals surface area contributed by atoms with Crippen LogP contribution in [0.4, 0.5) is 10.2 Å². The topological polar surface area (TPSA) is 86.4 Å². The van der Waals surface area contributed by atoms with E-state index >= 15 is 0 Å². The van der Waals surface area contributed by atoms with Crippen LogP contribution in [0.5, 0.6) is 5.75 Å². The minimum atomic E-state index is -0.485. The van der Waals surface area contributed by atoms with Crippen LogP contribution >= 0.6 is 11.6 Å². The van der Waals surface area contributed by atoms with Crippen molar-refractivity contribution in [2.45, 2.75) is 20.1 Å². The van der Waals surface area contributed by atoms with Crippen molar-refractivity contribution < 1.29 is 23.1 Å². The minimum absolute atomic E-state index is 0.0240. The second kappa shape index (κ2) is 9.70. The zero-order valence-electron chi connectivity index (χ0n) is 17.5. The lowest BCUT2D eigenvalue weighted by Gasteiger charge is -2.06. The molecule has 7 nitrogen and oxygen atoms in total. The number of benzene rings is 2. The van der Waals surface area contributed by atoms with E-state index in [0.717, 1.165) is 0 Å². The van der Waals surface area contributed by atoms with Crippen LogP contribution in [0.1, 0.15) is 39.2 Å². The molecule has 0 aliphatic heterocycles. The number of aromatic nitrogens is 2. The molecule has 2 aromatic heterocycles. The molecule has 2 heterocycles. The fourth-order valence-corrected chi connectivity index (χ4v) is 3.28. The van der Waals surface area contributed by atoms with E-state index < -0.39 is 11.7 Å². The summed E-state index contributed by atoms with van der Waals surface area (Å²) >= 11 is 6.05. The number of carbonyl (C=O) groups excluding carboxylic acids is 2. The van der Waals surface area contributed by atoms with Gasteiger partial charge in [-0.05, 0) is 55.5 Å². The van der Waals surface area contributed by atoms with Crippen molar-refractivity contribution >= 4 is 29.1 Å². The number of carbonyl (C=O) groups is 2. The molecular weight excluding hydrogens is 449 g/mol. The SMILES string of the molecule is CC(=O)c1ccc(OCc2ccc(C(=O)Nc3ccn(Cc4c(F)cccc4Cl)n3)o2)cc1. The number of ether oxygens (including phenoxy) is 1. The van der Waals surface area contributed by atoms with Gasteiger partial charge in [-0.1, -0.05) is 17.7 Å². The van der Waals surface area contributed by atoms with E-state index in [-0.39, 0.29) is 30.5 Å². The molecule has 0 spiro atoms. The first kappa shape index (κ1) is 22.3. The first-order valence-corrected chi connectivity index (χ1v) is 10.4. The van der Waals surface area contributed by atoms with E-state index in [0.29, 0.717) is 27.7 Å². The highest BCUT2D eigenvalue weighted by Gasteiger charge is 2.14. The summed E-state index contributed by atoms with van der Waals surface area (Å²) in [5.41, 5.74) is 0.908. The second-order valence-corrected chi connectivity index (χ2v) is 7.60. The number of anilines is 1. The summed E-state index contributed by atoms with van der Waals surface area (Å²) in [5, 5.41) is 7.16. The molecule has 168 valence electrons. The minimum Gasteiger partial charge on any atom is -0.486 e. The van der Waals surface area contributed by atoms with Crippen LogP contribution in [0, 0.1) is 5.82 Å². The molecule has 0 aliphatic rings. The average Bonchev–Trinajstić information content (AvgIpc) is 3.45. The second-order valence-electron chi connectivity index (χ2n) is 7.19. The summed E-state index contributed by atoms with van der Waals surface area (Å²) in [5.74, 6) is 0.465. The highest BCUT2D eigenvalue weighted by atomic mass is 35.5. The molecule has 0 saturated carbocycles. The van der Waals surface area contributed by atoms with Crippen LogP contribution < -0.4 is 10.1 Å². The predicted octanol–water partition coefficient (Wildman–Crippen LogP) is 5.35. The smallest absolute Gasteiger partial charge is 0.292 e. The monoisotopic (exact) mass is 467 g/mol. The maximum atomic E-state index is 14.0. The van der Waals surface area contributed by atoms with Crippen molar-refractivity contribution in [2.75, 3.05) is 5.32 Å². The van der Waals surface area contributed by atoms with Gasteiger partial charge in [0.05, 0.1) is 6.54 Å². The summed E-state index contributed by atoms with van der Waals surface area (Å²) < 4.78 is 26.6. The molecule has 0 unspecified atom stereocenters. The highest BCUT2D eigenvalue weighted by molar-refractivity contribution is 6.31. The molecule has 0 saturated heterocycles. The Bertz CT molecular complexity index is 1280. The number of hydrogen-bond acceptors (Lipinski definition) is 5. The molecule has 9 heteroatoms. The Morgan fingerprint density at radius 3 is 2.64 bits per heavy atom. The van der Waals surface area contributed by atoms with E-state index in [1.165, 1.54) is 29.8 Å². The zero-order chi connectivity index (χ0) is 23.4. The Morgan fingerprint density at radius 1 is 1.12 bits per heavy atom. The fraction of sp³-hybridized carbons (Fsp3) is 0.125. The van der Waals surface area contributed by atoms with Gasteiger partial charge >= 0.3 is 0 Å². The first-order valence-electron chi connectivity index (χ1n) is 9.99. The Labute approximate surface area is 193 Å². The fourth-order valence-electron chi connectivity index (χ4n) is 3.06. The summed E-state index contributed by atoms with van der Waals surface area (Å²) in [6.45, 7) is 1.73. The van der Waals surface area contributed by atoms with Gasteiger partial charge in [0.15, 0.2) is 17.4 Å². The molecule has 0 atom stereocenters. The summed E-state index contributed by atoms with van der Waals surface area (Å²) in [6, 6.07) is 16.0. The van der Waals surface area contributed by atoms with Gasteiger partial charge in [0.2, 0.25) is 0 Å². The third kappa shape index (κ3) is 5.48. The Balaban J connectivity index is 1.34. The number of amides is 1. The van der Waals surface area contributed by atoms with Gasteiger partial charge in [-0.3, -0.25) is 14.3 Å². The number of rotatable bonds is 8. The summed E-state index contributed by atoms with van der Waals surface area (Å²) in [7, 11) is 0. The van der Waals surface area contributed by atoms with Gasteiger partial charge < -0.3 is 14.5 Å². The van der Waals surface area contributed by atoms with Crippen molar-refractivity contribution in [2.24, 2.45) is 0 Å². The predicted molar refractivity (Wildman–Crippen MR) is 120 cm³/mol. The van der Waals surface area contributed by atoms with Crippen molar-refractivity contribution in [3.8, 4) is 5.75 Å². The number of halogens is 2. The van der Waals surface area contributed by atoms with Gasteiger partial charge in [0, 0.05) is 28.4 Å². The zero-order valence-corrected chi connectivity index (χ0v) is 18.3. The molecule has 2 aromatic carbocycles. The number of nitrogens with zero attached hydrogens (tertiary/aromatic N) is 2. The van der Waals surface area contributed by atoms with Crippen LogP contribution in [0.2, 0.25) is 5.02 Å². The molecule has 0 fully saturated rings. The van der Waals surface area contributed by atoms with Crippen molar-refractivity contribution in [1.29, 1.82) is 0 Å². The average molecular weight is 468 g/mol. The molecule has 0 bridgehead atoms. The number of furan rings is 1. The lowest BCUT2D eigenvalue weighted by molar-refractivity contribution is 0.0990. The van der Waals surface area contributed by atoms with E-state index in [9.17, 15) is 14.0 Å². The van der Waals surface area contributed by atoms with Crippen LogP contribution in [0.25, 0.3) is 0 Å². The van der Waals surface area contributed by atoms with Crippen molar-refractivity contribution in [3.05, 3.63) is 100 Å². The third-order valence-corrected chi connectivity index (χ3v) is 5.15. The molecule has 33 heavy (non-hydrogen) atoms. The highest BCUT2D eigenvalue weighted by Crippen LogP contribution is 2.21. The van der Waals surface area contributed by atoms with Crippen LogP contribution in [0.3, 0.4) is 0 Å². The van der Waals surface area contributed by atoms with Crippen LogP contribution in [-0.4, -0.2) is 21.5 Å². The number of ketones is 1. The van der Waals surface area contributed by atoms with Crippen LogP contribution in [-0.2, 0) is 13.2 Å². The summed E-state index contributed by atoms with van der Waals surface area (Å²) in [6.07, 6.45) is 1.61. The normalized spacial score (nSPS) is 10.8. The van der Waals surface area contributed by atoms with Crippen LogP contribution in [0.15, 0.2) is 71.3 Å². The van der Waals surface area contributed by atoms with Gasteiger partial charge in [0.1, 0.15) is 23.9 Å². The lowest BCUT2D eigenvalue weighted by Crippen LogP contribution is -2.12.